The standard InChI is InChI=1S/C9H7N3O2/c13-5-11-7-1-2-8-6(3-7)4-10-9(14)12-8/h1-3H,4H2,(H2,10,12,14). The predicted octanol–water partition coefficient (Wildman–Crippen LogP) is 1.29. The number of fused-ring (bicyclic) bond motifs is 1. The Labute approximate surface area is 79.8 Å². The second-order valence-electron chi connectivity index (χ2n) is 2.85. The Balaban J connectivity index is 2.40. The number of carbonyl (C=O) groups excluding carboxylic acids is 2. The van der Waals surface area contributed by atoms with Crippen molar-refractivity contribution < 1.29 is 9.59 Å². The lowest BCUT2D eigenvalue weighted by Crippen LogP contribution is -2.33. The molecule has 0 saturated heterocycles. The number of amides is 2. The van der Waals surface area contributed by atoms with Gasteiger partial charge in [0.25, 0.3) is 0 Å². The molecule has 5 heteroatoms. The molecule has 0 radical (unpaired) electrons. The summed E-state index contributed by atoms with van der Waals surface area (Å²) in [5.74, 6) is 0. The van der Waals surface area contributed by atoms with Gasteiger partial charge in [-0.05, 0) is 23.8 Å². The molecule has 0 unspecified atom stereocenters. The zero-order valence-electron chi connectivity index (χ0n) is 7.20. The van der Waals surface area contributed by atoms with Crippen LogP contribution in [0.3, 0.4) is 0 Å². The van der Waals surface area contributed by atoms with Crippen LogP contribution in [-0.2, 0) is 11.3 Å². The summed E-state index contributed by atoms with van der Waals surface area (Å²) in [5.41, 5.74) is 2.19. The largest absolute Gasteiger partial charge is 0.334 e. The molecule has 1 aromatic rings. The molecule has 0 aromatic heterocycles. The van der Waals surface area contributed by atoms with Gasteiger partial charge in [0.2, 0.25) is 6.08 Å². The van der Waals surface area contributed by atoms with Crippen molar-refractivity contribution in [2.45, 2.75) is 6.54 Å². The Bertz CT molecular complexity index is 436. The average molecular weight is 189 g/mol. The first-order valence-electron chi connectivity index (χ1n) is 4.05. The fourth-order valence-corrected chi connectivity index (χ4v) is 1.31. The number of anilines is 1. The molecule has 0 bridgehead atoms. The summed E-state index contributed by atoms with van der Waals surface area (Å²) in [5, 5.41) is 5.26. The van der Waals surface area contributed by atoms with Gasteiger partial charge in [-0.2, -0.15) is 4.99 Å². The van der Waals surface area contributed by atoms with Crippen LogP contribution in [0.5, 0.6) is 0 Å². The highest BCUT2D eigenvalue weighted by Crippen LogP contribution is 2.23. The van der Waals surface area contributed by atoms with Crippen LogP contribution in [0.2, 0.25) is 0 Å². The van der Waals surface area contributed by atoms with E-state index in [1.807, 2.05) is 0 Å². The van der Waals surface area contributed by atoms with Crippen molar-refractivity contribution in [3.63, 3.8) is 0 Å². The zero-order valence-corrected chi connectivity index (χ0v) is 7.20. The van der Waals surface area contributed by atoms with Gasteiger partial charge in [-0.3, -0.25) is 0 Å². The maximum absolute atomic E-state index is 10.9. The first kappa shape index (κ1) is 8.47. The Hall–Kier alpha value is -2.13. The summed E-state index contributed by atoms with van der Waals surface area (Å²) in [6.45, 7) is 0.448. The highest BCUT2D eigenvalue weighted by molar-refractivity contribution is 5.92. The molecular formula is C9H7N3O2. The summed E-state index contributed by atoms with van der Waals surface area (Å²) < 4.78 is 0. The Morgan fingerprint density at radius 2 is 2.29 bits per heavy atom. The number of aliphatic imine (C=N–C) groups is 1. The minimum atomic E-state index is -0.218. The summed E-state index contributed by atoms with van der Waals surface area (Å²) in [7, 11) is 0. The summed E-state index contributed by atoms with van der Waals surface area (Å²) >= 11 is 0. The molecule has 2 amide bonds. The number of carbonyl (C=O) groups is 1. The normalized spacial score (nSPS) is 13.3. The van der Waals surface area contributed by atoms with Gasteiger partial charge in [-0.25, -0.2) is 9.59 Å². The molecule has 0 atom stereocenters. The van der Waals surface area contributed by atoms with Gasteiger partial charge < -0.3 is 10.6 Å². The summed E-state index contributed by atoms with van der Waals surface area (Å²) in [6.07, 6.45) is 1.47. The number of benzene rings is 1. The van der Waals surface area contributed by atoms with Crippen LogP contribution in [-0.4, -0.2) is 12.1 Å². The lowest BCUT2D eigenvalue weighted by atomic mass is 10.1. The first-order chi connectivity index (χ1) is 6.79. The molecule has 2 rings (SSSR count). The maximum Gasteiger partial charge on any atom is 0.319 e. The topological polar surface area (TPSA) is 70.6 Å². The number of urea groups is 1. The van der Waals surface area contributed by atoms with Gasteiger partial charge >= 0.3 is 6.03 Å². The number of nitrogens with one attached hydrogen (secondary N) is 2. The van der Waals surface area contributed by atoms with Crippen molar-refractivity contribution in [2.75, 3.05) is 5.32 Å². The minimum Gasteiger partial charge on any atom is -0.334 e. The van der Waals surface area contributed by atoms with Crippen molar-refractivity contribution in [3.05, 3.63) is 23.8 Å². The van der Waals surface area contributed by atoms with Crippen molar-refractivity contribution in [2.24, 2.45) is 4.99 Å². The second kappa shape index (κ2) is 3.32. The van der Waals surface area contributed by atoms with Crippen LogP contribution >= 0.6 is 0 Å². The van der Waals surface area contributed by atoms with Gasteiger partial charge in [0.05, 0.1) is 5.69 Å². The molecular weight excluding hydrogens is 182 g/mol. The number of rotatable bonds is 1. The highest BCUT2D eigenvalue weighted by Gasteiger charge is 2.13. The van der Waals surface area contributed by atoms with E-state index in [0.29, 0.717) is 12.2 Å². The van der Waals surface area contributed by atoms with Gasteiger partial charge in [0, 0.05) is 12.2 Å². The van der Waals surface area contributed by atoms with E-state index in [9.17, 15) is 9.59 Å². The van der Waals surface area contributed by atoms with Crippen LogP contribution < -0.4 is 10.6 Å². The minimum absolute atomic E-state index is 0.218. The first-order valence-corrected chi connectivity index (χ1v) is 4.05. The van der Waals surface area contributed by atoms with E-state index in [-0.39, 0.29) is 6.03 Å². The third-order valence-corrected chi connectivity index (χ3v) is 1.95. The van der Waals surface area contributed by atoms with E-state index in [4.69, 9.17) is 0 Å². The second-order valence-corrected chi connectivity index (χ2v) is 2.85. The molecule has 0 fully saturated rings. The quantitative estimate of drug-likeness (QED) is 0.516. The van der Waals surface area contributed by atoms with E-state index >= 15 is 0 Å². The lowest BCUT2D eigenvalue weighted by Gasteiger charge is -2.17. The van der Waals surface area contributed by atoms with Crippen molar-refractivity contribution in [1.29, 1.82) is 0 Å². The van der Waals surface area contributed by atoms with E-state index < -0.39 is 0 Å². The number of hydrogen-bond donors (Lipinski definition) is 2. The molecule has 0 aliphatic carbocycles. The molecule has 0 saturated carbocycles. The van der Waals surface area contributed by atoms with E-state index in [2.05, 4.69) is 15.6 Å². The van der Waals surface area contributed by atoms with E-state index in [0.717, 1.165) is 11.3 Å². The molecule has 1 heterocycles. The highest BCUT2D eigenvalue weighted by atomic mass is 16.2. The molecule has 14 heavy (non-hydrogen) atoms. The molecule has 1 aromatic carbocycles. The third kappa shape index (κ3) is 1.48. The van der Waals surface area contributed by atoms with Gasteiger partial charge in [0.1, 0.15) is 0 Å². The Morgan fingerprint density at radius 3 is 3.07 bits per heavy atom. The maximum atomic E-state index is 10.9. The van der Waals surface area contributed by atoms with Gasteiger partial charge in [-0.1, -0.05) is 0 Å². The van der Waals surface area contributed by atoms with Crippen LogP contribution in [0.4, 0.5) is 16.2 Å². The predicted molar refractivity (Wildman–Crippen MR) is 50.1 cm³/mol. The van der Waals surface area contributed by atoms with Gasteiger partial charge in [0.15, 0.2) is 0 Å². The van der Waals surface area contributed by atoms with Crippen LogP contribution in [0.15, 0.2) is 23.2 Å². The molecule has 1 aliphatic heterocycles. The Kier molecular flexibility index (Phi) is 2.01. The van der Waals surface area contributed by atoms with Crippen molar-refractivity contribution in [1.82, 2.24) is 5.32 Å². The molecule has 0 spiro atoms. The molecule has 1 aliphatic rings. The summed E-state index contributed by atoms with van der Waals surface area (Å²) in [4.78, 5) is 24.4. The summed E-state index contributed by atoms with van der Waals surface area (Å²) in [6, 6.07) is 4.87. The third-order valence-electron chi connectivity index (χ3n) is 1.95. The Morgan fingerprint density at radius 1 is 1.43 bits per heavy atom. The van der Waals surface area contributed by atoms with Crippen molar-refractivity contribution in [3.8, 4) is 0 Å². The zero-order chi connectivity index (χ0) is 9.97. The number of nitrogens with zero attached hydrogens (tertiary/aromatic N) is 1. The average Bonchev–Trinajstić information content (AvgIpc) is 2.19. The smallest absolute Gasteiger partial charge is 0.319 e. The SMILES string of the molecule is O=C=Nc1ccc2c(c1)CNC(=O)N2. The van der Waals surface area contributed by atoms with Crippen LogP contribution in [0, 0.1) is 0 Å². The fraction of sp³-hybridized carbons (Fsp3) is 0.111. The van der Waals surface area contributed by atoms with Crippen LogP contribution in [0.25, 0.3) is 0 Å². The molecule has 2 N–H and O–H groups in total. The van der Waals surface area contributed by atoms with E-state index in [1.54, 1.807) is 18.2 Å². The van der Waals surface area contributed by atoms with Crippen LogP contribution in [0.1, 0.15) is 5.56 Å². The van der Waals surface area contributed by atoms with E-state index in [1.165, 1.54) is 6.08 Å². The van der Waals surface area contributed by atoms with Gasteiger partial charge in [-0.15, -0.1) is 0 Å². The fourth-order valence-electron chi connectivity index (χ4n) is 1.31. The monoisotopic (exact) mass is 189 g/mol. The molecule has 5 nitrogen and oxygen atoms in total. The number of hydrogen-bond acceptors (Lipinski definition) is 3. The number of isocyanates is 1. The lowest BCUT2D eigenvalue weighted by molar-refractivity contribution is 0.251. The van der Waals surface area contributed by atoms with Crippen molar-refractivity contribution >= 4 is 23.5 Å². The molecule has 70 valence electrons.